The molecule has 1 aliphatic carbocycles. The molecular formula is C49H48N2O4. The van der Waals surface area contributed by atoms with E-state index in [1.54, 1.807) is 4.90 Å². The Kier molecular flexibility index (Phi) is 11.1. The van der Waals surface area contributed by atoms with Crippen LogP contribution in [-0.4, -0.2) is 38.1 Å². The van der Waals surface area contributed by atoms with Crippen molar-refractivity contribution in [2.75, 3.05) is 0 Å². The second-order valence-corrected chi connectivity index (χ2v) is 15.1. The number of amides is 2. The Morgan fingerprint density at radius 1 is 0.491 bits per heavy atom. The molecular weight excluding hydrogens is 681 g/mol. The van der Waals surface area contributed by atoms with Gasteiger partial charge in [-0.05, 0) is 46.2 Å². The van der Waals surface area contributed by atoms with Gasteiger partial charge in [-0.15, -0.1) is 0 Å². The number of benzene rings is 6. The third kappa shape index (κ3) is 8.31. The van der Waals surface area contributed by atoms with E-state index in [1.165, 1.54) is 0 Å². The highest BCUT2D eigenvalue weighted by atomic mass is 16.3. The van der Waals surface area contributed by atoms with Gasteiger partial charge in [-0.1, -0.05) is 182 Å². The smallest absolute Gasteiger partial charge is 0.239 e. The van der Waals surface area contributed by atoms with E-state index in [0.29, 0.717) is 11.1 Å². The Morgan fingerprint density at radius 2 is 0.745 bits per heavy atom. The molecule has 6 aromatic carbocycles. The lowest BCUT2D eigenvalue weighted by Gasteiger charge is -2.52. The molecule has 1 aliphatic rings. The van der Waals surface area contributed by atoms with Gasteiger partial charge in [0, 0.05) is 25.7 Å². The molecule has 0 heterocycles. The van der Waals surface area contributed by atoms with Crippen LogP contribution in [0.2, 0.25) is 0 Å². The maximum Gasteiger partial charge on any atom is 0.239 e. The second-order valence-electron chi connectivity index (χ2n) is 15.1. The highest BCUT2D eigenvalue weighted by Crippen LogP contribution is 2.54. The zero-order chi connectivity index (χ0) is 38.3. The normalized spacial score (nSPS) is 14.7. The summed E-state index contributed by atoms with van der Waals surface area (Å²) in [4.78, 5) is 30.9. The molecule has 278 valence electrons. The Balaban J connectivity index is 1.54. The molecule has 0 bridgehead atoms. The molecule has 0 spiro atoms. The van der Waals surface area contributed by atoms with Crippen molar-refractivity contribution in [2.24, 2.45) is 11.1 Å². The van der Waals surface area contributed by atoms with Crippen LogP contribution in [0.3, 0.4) is 0 Å². The van der Waals surface area contributed by atoms with E-state index in [2.05, 4.69) is 0 Å². The van der Waals surface area contributed by atoms with Crippen molar-refractivity contribution in [2.45, 2.75) is 61.8 Å². The average Bonchev–Trinajstić information content (AvgIpc) is 4.02. The summed E-state index contributed by atoms with van der Waals surface area (Å²) in [6.07, 6.45) is 1.26. The highest BCUT2D eigenvalue weighted by Gasteiger charge is 2.62. The molecule has 4 N–H and O–H groups in total. The lowest BCUT2D eigenvalue weighted by Crippen LogP contribution is -2.60. The SMILES string of the molecule is NC(=O)C1(C(=O)N([C@H](c2ccccc2)C(O)(Cc2ccccc2)Cc2ccccc2)[C@H](c2ccccc2)C(O)(Cc2ccccc2)Cc2ccccc2)CC1. The van der Waals surface area contributed by atoms with Gasteiger partial charge in [0.2, 0.25) is 11.8 Å². The fourth-order valence-corrected chi connectivity index (χ4v) is 8.36. The van der Waals surface area contributed by atoms with Crippen LogP contribution in [0.15, 0.2) is 182 Å². The molecule has 1 saturated carbocycles. The molecule has 6 nitrogen and oxygen atoms in total. The fraction of sp³-hybridized carbons (Fsp3) is 0.224. The van der Waals surface area contributed by atoms with Crippen LogP contribution in [-0.2, 0) is 35.3 Å². The quantitative estimate of drug-likeness (QED) is 0.0880. The summed E-state index contributed by atoms with van der Waals surface area (Å²) < 4.78 is 0. The van der Waals surface area contributed by atoms with Gasteiger partial charge in [0.05, 0.1) is 23.3 Å². The number of nitrogens with zero attached hydrogens (tertiary/aromatic N) is 1. The first kappa shape index (κ1) is 37.5. The third-order valence-corrected chi connectivity index (χ3v) is 11.1. The number of rotatable bonds is 16. The van der Waals surface area contributed by atoms with Crippen LogP contribution >= 0.6 is 0 Å². The summed E-state index contributed by atoms with van der Waals surface area (Å²) >= 11 is 0. The Bertz CT molecular complexity index is 1920. The van der Waals surface area contributed by atoms with Gasteiger partial charge in [0.25, 0.3) is 0 Å². The maximum atomic E-state index is 15.8. The molecule has 2 amide bonds. The summed E-state index contributed by atoms with van der Waals surface area (Å²) in [7, 11) is 0. The molecule has 2 atom stereocenters. The fourth-order valence-electron chi connectivity index (χ4n) is 8.36. The van der Waals surface area contributed by atoms with E-state index in [0.717, 1.165) is 22.3 Å². The second kappa shape index (κ2) is 16.3. The number of nitrogens with two attached hydrogens (primary N) is 1. The summed E-state index contributed by atoms with van der Waals surface area (Å²) in [5, 5.41) is 27.4. The number of hydrogen-bond acceptors (Lipinski definition) is 4. The largest absolute Gasteiger partial charge is 0.387 e. The molecule has 6 aromatic rings. The van der Waals surface area contributed by atoms with Crippen LogP contribution in [0.5, 0.6) is 0 Å². The Labute approximate surface area is 323 Å². The van der Waals surface area contributed by atoms with Crippen molar-refractivity contribution in [3.8, 4) is 0 Å². The minimum absolute atomic E-state index is 0.174. The number of primary amides is 1. The Morgan fingerprint density at radius 3 is 0.982 bits per heavy atom. The number of aliphatic hydroxyl groups is 2. The van der Waals surface area contributed by atoms with Crippen molar-refractivity contribution in [1.82, 2.24) is 4.90 Å². The van der Waals surface area contributed by atoms with E-state index >= 15 is 4.79 Å². The predicted molar refractivity (Wildman–Crippen MR) is 217 cm³/mol. The third-order valence-electron chi connectivity index (χ3n) is 11.1. The lowest BCUT2D eigenvalue weighted by molar-refractivity contribution is -0.167. The van der Waals surface area contributed by atoms with Crippen molar-refractivity contribution in [1.29, 1.82) is 0 Å². The van der Waals surface area contributed by atoms with E-state index < -0.39 is 40.5 Å². The molecule has 0 unspecified atom stereocenters. The molecule has 0 saturated heterocycles. The van der Waals surface area contributed by atoms with Crippen LogP contribution in [0.4, 0.5) is 0 Å². The lowest BCUT2D eigenvalue weighted by atomic mass is 9.73. The van der Waals surface area contributed by atoms with Crippen molar-refractivity contribution in [3.05, 3.63) is 215 Å². The first-order chi connectivity index (χ1) is 26.7. The summed E-state index contributed by atoms with van der Waals surface area (Å²) in [5.41, 5.74) is 6.23. The van der Waals surface area contributed by atoms with Crippen LogP contribution < -0.4 is 5.73 Å². The van der Waals surface area contributed by atoms with Crippen LogP contribution in [0.25, 0.3) is 0 Å². The topological polar surface area (TPSA) is 104 Å². The first-order valence-corrected chi connectivity index (χ1v) is 19.0. The van der Waals surface area contributed by atoms with Gasteiger partial charge < -0.3 is 20.8 Å². The maximum absolute atomic E-state index is 15.8. The molecule has 0 aromatic heterocycles. The van der Waals surface area contributed by atoms with Crippen molar-refractivity contribution in [3.63, 3.8) is 0 Å². The van der Waals surface area contributed by atoms with Gasteiger partial charge in [0.1, 0.15) is 5.41 Å². The predicted octanol–water partition coefficient (Wildman–Crippen LogP) is 8.00. The minimum atomic E-state index is -1.65. The molecule has 55 heavy (non-hydrogen) atoms. The molecule has 7 rings (SSSR count). The van der Waals surface area contributed by atoms with E-state index in [1.807, 2.05) is 182 Å². The molecule has 0 radical (unpaired) electrons. The zero-order valence-corrected chi connectivity index (χ0v) is 31.0. The van der Waals surface area contributed by atoms with Gasteiger partial charge in [-0.2, -0.15) is 0 Å². The average molecular weight is 729 g/mol. The van der Waals surface area contributed by atoms with Gasteiger partial charge >= 0.3 is 0 Å². The van der Waals surface area contributed by atoms with Crippen LogP contribution in [0.1, 0.15) is 58.3 Å². The molecule has 1 fully saturated rings. The number of carbonyl (C=O) groups is 2. The summed E-state index contributed by atoms with van der Waals surface area (Å²) in [5.74, 6) is -1.20. The van der Waals surface area contributed by atoms with Crippen molar-refractivity contribution < 1.29 is 19.8 Å². The zero-order valence-electron chi connectivity index (χ0n) is 31.0. The van der Waals surface area contributed by atoms with Crippen LogP contribution in [0, 0.1) is 5.41 Å². The first-order valence-electron chi connectivity index (χ1n) is 19.0. The standard InChI is InChI=1S/C49H48N2O4/c50-45(52)47(31-32-47)46(53)51(43(41-27-15-5-16-28-41)48(54,33-37-19-7-1-8-20-37)34-38-21-9-2-10-22-38)44(42-29-17-6-18-30-42)49(55,35-39-23-11-3-12-24-39)36-40-25-13-4-14-26-40/h1-30,43-44,54-55H,31-36H2,(H2,50,52)/t43-,44-/m1/s1. The van der Waals surface area contributed by atoms with E-state index in [9.17, 15) is 15.0 Å². The van der Waals surface area contributed by atoms with Crippen molar-refractivity contribution >= 4 is 11.8 Å². The van der Waals surface area contributed by atoms with Gasteiger partial charge in [0.15, 0.2) is 0 Å². The molecule has 0 aliphatic heterocycles. The van der Waals surface area contributed by atoms with Gasteiger partial charge in [-0.3, -0.25) is 9.59 Å². The highest BCUT2D eigenvalue weighted by molar-refractivity contribution is 6.07. The minimum Gasteiger partial charge on any atom is -0.387 e. The Hall–Kier alpha value is -5.82. The van der Waals surface area contributed by atoms with E-state index in [4.69, 9.17) is 5.73 Å². The summed E-state index contributed by atoms with van der Waals surface area (Å²) in [6.45, 7) is 0. The van der Waals surface area contributed by atoms with Gasteiger partial charge in [-0.25, -0.2) is 0 Å². The van der Waals surface area contributed by atoms with E-state index in [-0.39, 0.29) is 38.5 Å². The summed E-state index contributed by atoms with van der Waals surface area (Å²) in [6, 6.07) is 56.1. The molecule has 6 heteroatoms. The number of hydrogen-bond donors (Lipinski definition) is 3. The monoisotopic (exact) mass is 728 g/mol. The number of carbonyl (C=O) groups excluding carboxylic acids is 2.